The second kappa shape index (κ2) is 8.55. The Morgan fingerprint density at radius 1 is 1.29 bits per heavy atom. The van der Waals surface area contributed by atoms with E-state index in [2.05, 4.69) is 38.5 Å². The van der Waals surface area contributed by atoms with Gasteiger partial charge in [0.15, 0.2) is 0 Å². The highest BCUT2D eigenvalue weighted by atomic mass is 16.6. The molecule has 9 heteroatoms. The van der Waals surface area contributed by atoms with Gasteiger partial charge in [0.2, 0.25) is 11.8 Å². The van der Waals surface area contributed by atoms with Crippen LogP contribution < -0.4 is 16.4 Å². The van der Waals surface area contributed by atoms with Crippen molar-refractivity contribution in [1.29, 1.82) is 0 Å². The minimum absolute atomic E-state index is 0.102. The lowest BCUT2D eigenvalue weighted by atomic mass is 9.82. The summed E-state index contributed by atoms with van der Waals surface area (Å²) in [4.78, 5) is 21.1. The topological polar surface area (TPSA) is 129 Å². The number of nitro groups is 1. The molecule has 1 aliphatic rings. The molecule has 2 aromatic heterocycles. The van der Waals surface area contributed by atoms with Crippen LogP contribution in [0.15, 0.2) is 18.3 Å². The molecule has 1 saturated carbocycles. The molecule has 2 aromatic rings. The van der Waals surface area contributed by atoms with Gasteiger partial charge in [-0.25, -0.2) is 4.98 Å². The smallest absolute Gasteiger partial charge is 0.329 e. The fourth-order valence-corrected chi connectivity index (χ4v) is 3.87. The fourth-order valence-electron chi connectivity index (χ4n) is 3.87. The van der Waals surface area contributed by atoms with Crippen LogP contribution >= 0.6 is 0 Å². The molecule has 3 rings (SSSR count). The van der Waals surface area contributed by atoms with Crippen molar-refractivity contribution in [2.24, 2.45) is 24.6 Å². The van der Waals surface area contributed by atoms with Crippen molar-refractivity contribution < 1.29 is 4.92 Å². The first-order chi connectivity index (χ1) is 13.4. The van der Waals surface area contributed by atoms with Crippen LogP contribution in [0.3, 0.4) is 0 Å². The maximum absolute atomic E-state index is 11.0. The van der Waals surface area contributed by atoms with Crippen LogP contribution in [0, 0.1) is 28.9 Å². The number of hydrogen-bond donors (Lipinski definition) is 2. The molecule has 152 valence electrons. The van der Waals surface area contributed by atoms with E-state index in [0.717, 1.165) is 44.5 Å². The molecule has 1 aliphatic carbocycles. The Morgan fingerprint density at radius 3 is 2.50 bits per heavy atom. The van der Waals surface area contributed by atoms with Crippen LogP contribution in [-0.2, 0) is 13.6 Å². The normalized spacial score (nSPS) is 19.5. The molecular weight excluding hydrogens is 358 g/mol. The number of aromatic nitrogens is 3. The van der Waals surface area contributed by atoms with Gasteiger partial charge in [0, 0.05) is 25.0 Å². The third-order valence-corrected chi connectivity index (χ3v) is 5.87. The second-order valence-electron chi connectivity index (χ2n) is 7.73. The SMILES string of the molecule is Cc1ccc(CN(CC2CCC(CN)CC2)c2ncc([N+](=O)[O-])c(N)n2)n1C. The molecule has 9 nitrogen and oxygen atoms in total. The summed E-state index contributed by atoms with van der Waals surface area (Å²) in [6.07, 6.45) is 5.72. The van der Waals surface area contributed by atoms with Crippen molar-refractivity contribution in [2.45, 2.75) is 39.2 Å². The molecule has 0 unspecified atom stereocenters. The van der Waals surface area contributed by atoms with Gasteiger partial charge in [-0.15, -0.1) is 0 Å². The third kappa shape index (κ3) is 4.41. The first-order valence-corrected chi connectivity index (χ1v) is 9.72. The third-order valence-electron chi connectivity index (χ3n) is 5.87. The standard InChI is InChI=1S/C19H29N7O2/c1-13-3-8-16(24(13)2)12-25(11-15-6-4-14(9-20)5-7-15)19-22-10-17(26(27)28)18(21)23-19/h3,8,10,14-15H,4-7,9,11-12,20H2,1-2H3,(H2,21,22,23). The molecule has 0 bridgehead atoms. The van der Waals surface area contributed by atoms with Crippen molar-refractivity contribution in [2.75, 3.05) is 23.7 Å². The summed E-state index contributed by atoms with van der Waals surface area (Å²) < 4.78 is 2.13. The Balaban J connectivity index is 1.83. The van der Waals surface area contributed by atoms with Gasteiger partial charge in [-0.1, -0.05) is 0 Å². The molecule has 2 heterocycles. The molecule has 0 spiro atoms. The van der Waals surface area contributed by atoms with Crippen molar-refractivity contribution in [3.05, 3.63) is 39.8 Å². The number of nitrogens with two attached hydrogens (primary N) is 2. The van der Waals surface area contributed by atoms with Crippen molar-refractivity contribution in [1.82, 2.24) is 14.5 Å². The Labute approximate surface area is 164 Å². The van der Waals surface area contributed by atoms with Crippen LogP contribution in [0.5, 0.6) is 0 Å². The van der Waals surface area contributed by atoms with Crippen LogP contribution in [0.1, 0.15) is 37.1 Å². The number of nitrogen functional groups attached to an aromatic ring is 1. The average molecular weight is 387 g/mol. The van der Waals surface area contributed by atoms with Gasteiger partial charge >= 0.3 is 5.69 Å². The highest BCUT2D eigenvalue weighted by Crippen LogP contribution is 2.30. The van der Waals surface area contributed by atoms with Gasteiger partial charge in [-0.05, 0) is 63.1 Å². The molecule has 0 atom stereocenters. The zero-order valence-electron chi connectivity index (χ0n) is 16.5. The lowest BCUT2D eigenvalue weighted by Gasteiger charge is -2.32. The molecule has 1 fully saturated rings. The van der Waals surface area contributed by atoms with E-state index in [0.29, 0.717) is 24.3 Å². The van der Waals surface area contributed by atoms with E-state index in [4.69, 9.17) is 11.5 Å². The van der Waals surface area contributed by atoms with E-state index in [1.54, 1.807) is 0 Å². The summed E-state index contributed by atoms with van der Waals surface area (Å²) >= 11 is 0. The van der Waals surface area contributed by atoms with E-state index >= 15 is 0 Å². The molecule has 0 radical (unpaired) electrons. The second-order valence-corrected chi connectivity index (χ2v) is 7.73. The van der Waals surface area contributed by atoms with Crippen LogP contribution in [0.25, 0.3) is 0 Å². The number of anilines is 2. The summed E-state index contributed by atoms with van der Waals surface area (Å²) in [7, 11) is 2.03. The fraction of sp³-hybridized carbons (Fsp3) is 0.579. The summed E-state index contributed by atoms with van der Waals surface area (Å²) in [5.74, 6) is 1.47. The lowest BCUT2D eigenvalue weighted by molar-refractivity contribution is -0.384. The number of nitrogens with zero attached hydrogens (tertiary/aromatic N) is 5. The number of rotatable bonds is 7. The summed E-state index contributed by atoms with van der Waals surface area (Å²) in [6.45, 7) is 4.22. The molecule has 0 aromatic carbocycles. The largest absolute Gasteiger partial charge is 0.378 e. The molecular formula is C19H29N7O2. The minimum atomic E-state index is -0.557. The van der Waals surface area contributed by atoms with Gasteiger partial charge < -0.3 is 20.9 Å². The first kappa shape index (κ1) is 20.1. The van der Waals surface area contributed by atoms with E-state index < -0.39 is 4.92 Å². The zero-order chi connectivity index (χ0) is 20.3. The van der Waals surface area contributed by atoms with Crippen molar-refractivity contribution in [3.63, 3.8) is 0 Å². The highest BCUT2D eigenvalue weighted by Gasteiger charge is 2.25. The Kier molecular flexibility index (Phi) is 6.13. The maximum Gasteiger partial charge on any atom is 0.329 e. The van der Waals surface area contributed by atoms with Gasteiger partial charge in [0.05, 0.1) is 11.5 Å². The Bertz CT molecular complexity index is 828. The quantitative estimate of drug-likeness (QED) is 0.551. The van der Waals surface area contributed by atoms with Crippen LogP contribution in [0.4, 0.5) is 17.5 Å². The molecule has 0 amide bonds. The van der Waals surface area contributed by atoms with Crippen LogP contribution in [0.2, 0.25) is 0 Å². The van der Waals surface area contributed by atoms with Crippen molar-refractivity contribution >= 4 is 17.5 Å². The van der Waals surface area contributed by atoms with Gasteiger partial charge in [0.25, 0.3) is 0 Å². The monoisotopic (exact) mass is 387 g/mol. The summed E-state index contributed by atoms with van der Waals surface area (Å²) in [5.41, 5.74) is 13.7. The Morgan fingerprint density at radius 2 is 1.96 bits per heavy atom. The zero-order valence-corrected chi connectivity index (χ0v) is 16.5. The number of hydrogen-bond acceptors (Lipinski definition) is 7. The lowest BCUT2D eigenvalue weighted by Crippen LogP contribution is -2.34. The maximum atomic E-state index is 11.0. The van der Waals surface area contributed by atoms with Crippen LogP contribution in [-0.4, -0.2) is 32.5 Å². The average Bonchev–Trinajstić information content (AvgIpc) is 2.99. The predicted molar refractivity (Wildman–Crippen MR) is 109 cm³/mol. The van der Waals surface area contributed by atoms with E-state index in [1.165, 1.54) is 11.9 Å². The molecule has 4 N–H and O–H groups in total. The first-order valence-electron chi connectivity index (χ1n) is 9.72. The van der Waals surface area contributed by atoms with E-state index in [9.17, 15) is 10.1 Å². The highest BCUT2D eigenvalue weighted by molar-refractivity contribution is 5.53. The molecule has 28 heavy (non-hydrogen) atoms. The summed E-state index contributed by atoms with van der Waals surface area (Å²) in [6, 6.07) is 4.16. The molecule has 0 saturated heterocycles. The Hall–Kier alpha value is -2.68. The van der Waals surface area contributed by atoms with E-state index in [-0.39, 0.29) is 11.5 Å². The summed E-state index contributed by atoms with van der Waals surface area (Å²) in [5, 5.41) is 11.0. The van der Waals surface area contributed by atoms with Gasteiger partial charge in [-0.3, -0.25) is 10.1 Å². The van der Waals surface area contributed by atoms with Crippen molar-refractivity contribution in [3.8, 4) is 0 Å². The van der Waals surface area contributed by atoms with E-state index in [1.807, 2.05) is 7.05 Å². The number of aryl methyl sites for hydroxylation is 1. The minimum Gasteiger partial charge on any atom is -0.378 e. The predicted octanol–water partition coefficient (Wildman–Crippen LogP) is 2.39. The van der Waals surface area contributed by atoms with Gasteiger partial charge in [-0.2, -0.15) is 4.98 Å². The molecule has 0 aliphatic heterocycles. The van der Waals surface area contributed by atoms with Gasteiger partial charge in [0.1, 0.15) is 6.20 Å².